The van der Waals surface area contributed by atoms with E-state index in [0.29, 0.717) is 31.3 Å². The lowest BCUT2D eigenvalue weighted by Gasteiger charge is -2.33. The molecule has 7 nitrogen and oxygen atoms in total. The third-order valence-electron chi connectivity index (χ3n) is 4.85. The Morgan fingerprint density at radius 2 is 1.90 bits per heavy atom. The highest BCUT2D eigenvalue weighted by atomic mass is 32.1. The Labute approximate surface area is 173 Å². The monoisotopic (exact) mass is 409 g/mol. The molecule has 1 fully saturated rings. The number of hydrogen-bond acceptors (Lipinski definition) is 7. The molecule has 1 aliphatic heterocycles. The van der Waals surface area contributed by atoms with E-state index in [1.54, 1.807) is 23.5 Å². The first kappa shape index (κ1) is 19.5. The quantitative estimate of drug-likeness (QED) is 0.603. The average molecular weight is 410 g/mol. The summed E-state index contributed by atoms with van der Waals surface area (Å²) in [4.78, 5) is 25.3. The summed E-state index contributed by atoms with van der Waals surface area (Å²) in [7, 11) is 0. The molecule has 2 aromatic heterocycles. The lowest BCUT2D eigenvalue weighted by atomic mass is 10.1. The zero-order chi connectivity index (χ0) is 20.2. The van der Waals surface area contributed by atoms with Crippen LogP contribution in [0, 0.1) is 13.8 Å². The van der Waals surface area contributed by atoms with E-state index >= 15 is 0 Å². The van der Waals surface area contributed by atoms with Gasteiger partial charge in [-0.15, -0.1) is 11.3 Å². The molecule has 8 heteroatoms. The summed E-state index contributed by atoms with van der Waals surface area (Å²) in [6.45, 7) is 7.50. The van der Waals surface area contributed by atoms with Crippen molar-refractivity contribution in [2.24, 2.45) is 0 Å². The Bertz CT molecular complexity index is 1000. The first-order valence-corrected chi connectivity index (χ1v) is 10.5. The predicted molar refractivity (Wildman–Crippen MR) is 112 cm³/mol. The molecule has 29 heavy (non-hydrogen) atoms. The van der Waals surface area contributed by atoms with Gasteiger partial charge in [0.1, 0.15) is 0 Å². The summed E-state index contributed by atoms with van der Waals surface area (Å²) >= 11 is 1.58. The van der Waals surface area contributed by atoms with Gasteiger partial charge in [0.15, 0.2) is 0 Å². The van der Waals surface area contributed by atoms with Crippen molar-refractivity contribution in [2.75, 3.05) is 26.2 Å². The molecule has 0 aliphatic carbocycles. The summed E-state index contributed by atoms with van der Waals surface area (Å²) in [5.41, 5.74) is 2.98. The second kappa shape index (κ2) is 8.67. The number of carbonyl (C=O) groups is 1. The van der Waals surface area contributed by atoms with Crippen molar-refractivity contribution in [3.8, 4) is 11.4 Å². The third kappa shape index (κ3) is 4.96. The fraction of sp³-hybridized carbons (Fsp3) is 0.333. The Kier molecular flexibility index (Phi) is 5.82. The van der Waals surface area contributed by atoms with Crippen LogP contribution in [-0.4, -0.2) is 57.0 Å². The molecule has 3 aromatic rings. The zero-order valence-corrected chi connectivity index (χ0v) is 17.4. The van der Waals surface area contributed by atoms with Crippen molar-refractivity contribution in [3.63, 3.8) is 0 Å². The highest BCUT2D eigenvalue weighted by Crippen LogP contribution is 2.17. The van der Waals surface area contributed by atoms with Crippen LogP contribution in [0.3, 0.4) is 0 Å². The van der Waals surface area contributed by atoms with Crippen molar-refractivity contribution in [1.82, 2.24) is 24.9 Å². The van der Waals surface area contributed by atoms with E-state index in [-0.39, 0.29) is 5.91 Å². The summed E-state index contributed by atoms with van der Waals surface area (Å²) in [5, 5.41) is 7.04. The van der Waals surface area contributed by atoms with E-state index in [4.69, 9.17) is 4.52 Å². The van der Waals surface area contributed by atoms with Crippen LogP contribution in [0.4, 0.5) is 0 Å². The van der Waals surface area contributed by atoms with Crippen LogP contribution in [0.25, 0.3) is 17.5 Å². The van der Waals surface area contributed by atoms with Crippen LogP contribution < -0.4 is 0 Å². The molecule has 0 spiro atoms. The van der Waals surface area contributed by atoms with Gasteiger partial charge in [0.2, 0.25) is 17.6 Å². The SMILES string of the molecule is Cc1ccc(-c2noc(CN3CCN(C(=O)/C=C/c4csc(C)n4)CC3)n2)cc1. The van der Waals surface area contributed by atoms with Gasteiger partial charge in [0.25, 0.3) is 0 Å². The number of hydrogen-bond donors (Lipinski definition) is 0. The topological polar surface area (TPSA) is 75.4 Å². The smallest absolute Gasteiger partial charge is 0.246 e. The second-order valence-corrected chi connectivity index (χ2v) is 8.17. The Morgan fingerprint density at radius 1 is 1.14 bits per heavy atom. The Morgan fingerprint density at radius 3 is 2.59 bits per heavy atom. The van der Waals surface area contributed by atoms with E-state index in [0.717, 1.165) is 29.4 Å². The molecule has 0 bridgehead atoms. The number of aromatic nitrogens is 3. The lowest BCUT2D eigenvalue weighted by Crippen LogP contribution is -2.47. The first-order valence-electron chi connectivity index (χ1n) is 9.58. The van der Waals surface area contributed by atoms with Crippen LogP contribution in [0.2, 0.25) is 0 Å². The van der Waals surface area contributed by atoms with Gasteiger partial charge in [-0.3, -0.25) is 9.69 Å². The van der Waals surface area contributed by atoms with Crippen LogP contribution in [0.1, 0.15) is 22.2 Å². The normalized spacial score (nSPS) is 15.3. The minimum absolute atomic E-state index is 0.0229. The average Bonchev–Trinajstić information content (AvgIpc) is 3.36. The van der Waals surface area contributed by atoms with Crippen LogP contribution in [0.15, 0.2) is 40.2 Å². The van der Waals surface area contributed by atoms with E-state index < -0.39 is 0 Å². The molecule has 1 aliphatic rings. The predicted octanol–water partition coefficient (Wildman–Crippen LogP) is 3.17. The Hall–Kier alpha value is -2.84. The number of nitrogens with zero attached hydrogens (tertiary/aromatic N) is 5. The minimum atomic E-state index is 0.0229. The Balaban J connectivity index is 1.28. The van der Waals surface area contributed by atoms with Gasteiger partial charge in [0.05, 0.1) is 17.2 Å². The maximum atomic E-state index is 12.4. The van der Waals surface area contributed by atoms with Gasteiger partial charge >= 0.3 is 0 Å². The van der Waals surface area contributed by atoms with Gasteiger partial charge in [-0.25, -0.2) is 4.98 Å². The number of thiazole rings is 1. The van der Waals surface area contributed by atoms with Crippen LogP contribution in [0.5, 0.6) is 0 Å². The maximum Gasteiger partial charge on any atom is 0.246 e. The van der Waals surface area contributed by atoms with Crippen LogP contribution >= 0.6 is 11.3 Å². The molecule has 150 valence electrons. The van der Waals surface area contributed by atoms with Gasteiger partial charge in [-0.05, 0) is 19.9 Å². The number of rotatable bonds is 5. The molecule has 0 atom stereocenters. The standard InChI is InChI=1S/C21H23N5O2S/c1-15-3-5-17(6-4-15)21-23-19(28-24-21)13-25-9-11-26(12-10-25)20(27)8-7-18-14-29-16(2)22-18/h3-8,14H,9-13H2,1-2H3/b8-7+. The molecule has 0 N–H and O–H groups in total. The molecule has 0 radical (unpaired) electrons. The molecular weight excluding hydrogens is 386 g/mol. The van der Waals surface area contributed by atoms with Gasteiger partial charge < -0.3 is 9.42 Å². The van der Waals surface area contributed by atoms with E-state index in [2.05, 4.69) is 20.0 Å². The van der Waals surface area contributed by atoms with Gasteiger partial charge in [-0.1, -0.05) is 35.0 Å². The van der Waals surface area contributed by atoms with Crippen molar-refractivity contribution in [2.45, 2.75) is 20.4 Å². The van der Waals surface area contributed by atoms with E-state index in [9.17, 15) is 4.79 Å². The highest BCUT2D eigenvalue weighted by molar-refractivity contribution is 7.09. The number of carbonyl (C=O) groups excluding carboxylic acids is 1. The molecule has 4 rings (SSSR count). The first-order chi connectivity index (χ1) is 14.1. The van der Waals surface area contributed by atoms with E-state index in [1.807, 2.05) is 48.4 Å². The van der Waals surface area contributed by atoms with Crippen LogP contribution in [-0.2, 0) is 11.3 Å². The summed E-state index contributed by atoms with van der Waals surface area (Å²) in [5.74, 6) is 1.23. The maximum absolute atomic E-state index is 12.4. The van der Waals surface area contributed by atoms with Crippen molar-refractivity contribution >= 4 is 23.3 Å². The summed E-state index contributed by atoms with van der Waals surface area (Å²) < 4.78 is 5.42. The number of piperazine rings is 1. The van der Waals surface area contributed by atoms with Crippen molar-refractivity contribution in [1.29, 1.82) is 0 Å². The van der Waals surface area contributed by atoms with Gasteiger partial charge in [0, 0.05) is 43.2 Å². The summed E-state index contributed by atoms with van der Waals surface area (Å²) in [6.07, 6.45) is 3.39. The minimum Gasteiger partial charge on any atom is -0.338 e. The molecule has 0 unspecified atom stereocenters. The fourth-order valence-electron chi connectivity index (χ4n) is 3.18. The van der Waals surface area contributed by atoms with Crippen molar-refractivity contribution < 1.29 is 9.32 Å². The molecule has 3 heterocycles. The molecule has 1 amide bonds. The molecule has 1 aromatic carbocycles. The number of amides is 1. The second-order valence-electron chi connectivity index (χ2n) is 7.10. The zero-order valence-electron chi connectivity index (χ0n) is 16.5. The van der Waals surface area contributed by atoms with Gasteiger partial charge in [-0.2, -0.15) is 4.98 Å². The van der Waals surface area contributed by atoms with Crippen molar-refractivity contribution in [3.05, 3.63) is 57.9 Å². The van der Waals surface area contributed by atoms with E-state index in [1.165, 1.54) is 5.56 Å². The highest BCUT2D eigenvalue weighted by Gasteiger charge is 2.21. The molecular formula is C21H23N5O2S. The largest absolute Gasteiger partial charge is 0.338 e. The third-order valence-corrected chi connectivity index (χ3v) is 5.65. The molecule has 0 saturated carbocycles. The lowest BCUT2D eigenvalue weighted by molar-refractivity contribution is -0.127. The number of benzene rings is 1. The molecule has 1 saturated heterocycles. The fourth-order valence-corrected chi connectivity index (χ4v) is 3.76. The number of aryl methyl sites for hydroxylation is 2. The summed E-state index contributed by atoms with van der Waals surface area (Å²) in [6, 6.07) is 8.06.